The van der Waals surface area contributed by atoms with Crippen molar-refractivity contribution in [3.05, 3.63) is 42.5 Å². The van der Waals surface area contributed by atoms with Crippen molar-refractivity contribution in [2.24, 2.45) is 0 Å². The minimum absolute atomic E-state index is 0.265. The molecule has 0 amide bonds. The molecule has 6 heteroatoms. The molecule has 0 aliphatic carbocycles. The normalized spacial score (nSPS) is 10.9. The van der Waals surface area contributed by atoms with Gasteiger partial charge in [-0.3, -0.25) is 0 Å². The highest BCUT2D eigenvalue weighted by Gasteiger charge is 2.29. The lowest BCUT2D eigenvalue weighted by Gasteiger charge is -2.09. The van der Waals surface area contributed by atoms with E-state index in [1.54, 1.807) is 0 Å². The van der Waals surface area contributed by atoms with Crippen LogP contribution in [0.5, 0.6) is 5.75 Å². The summed E-state index contributed by atoms with van der Waals surface area (Å²) in [7, 11) is 0. The molecule has 0 aromatic heterocycles. The number of ether oxygens (including phenoxy) is 2. The van der Waals surface area contributed by atoms with Gasteiger partial charge in [-0.25, -0.2) is 4.79 Å². The molecular formula is C14H15F3O3. The lowest BCUT2D eigenvalue weighted by molar-refractivity contribution is -0.138. The zero-order chi connectivity index (χ0) is 15.0. The number of alkyl halides is 3. The first-order valence-electron chi connectivity index (χ1n) is 6.02. The Morgan fingerprint density at radius 2 is 1.75 bits per heavy atom. The predicted molar refractivity (Wildman–Crippen MR) is 67.3 cm³/mol. The molecule has 110 valence electrons. The van der Waals surface area contributed by atoms with Crippen molar-refractivity contribution in [3.8, 4) is 5.75 Å². The van der Waals surface area contributed by atoms with E-state index < -0.39 is 17.7 Å². The number of hydrogen-bond acceptors (Lipinski definition) is 3. The maximum absolute atomic E-state index is 12.3. The number of rotatable bonds is 7. The third-order valence-electron chi connectivity index (χ3n) is 2.40. The summed E-state index contributed by atoms with van der Waals surface area (Å²) in [5, 5.41) is 0. The molecule has 0 spiro atoms. The minimum Gasteiger partial charge on any atom is -0.494 e. The van der Waals surface area contributed by atoms with Crippen LogP contribution in [0.3, 0.4) is 0 Å². The molecule has 20 heavy (non-hydrogen) atoms. The molecule has 1 rings (SSSR count). The first-order chi connectivity index (χ1) is 9.43. The van der Waals surface area contributed by atoms with Gasteiger partial charge < -0.3 is 9.47 Å². The molecule has 0 fully saturated rings. The Bertz CT molecular complexity index is 438. The van der Waals surface area contributed by atoms with Crippen LogP contribution >= 0.6 is 0 Å². The minimum atomic E-state index is -4.34. The maximum atomic E-state index is 12.3. The second kappa shape index (κ2) is 7.57. The van der Waals surface area contributed by atoms with Crippen LogP contribution in [0.4, 0.5) is 13.2 Å². The Hall–Kier alpha value is -1.98. The van der Waals surface area contributed by atoms with E-state index in [0.717, 1.165) is 18.2 Å². The fraction of sp³-hybridized carbons (Fsp3) is 0.357. The van der Waals surface area contributed by atoms with Crippen molar-refractivity contribution in [1.82, 2.24) is 0 Å². The van der Waals surface area contributed by atoms with Crippen molar-refractivity contribution in [2.45, 2.75) is 19.0 Å². The Morgan fingerprint density at radius 1 is 1.15 bits per heavy atom. The van der Waals surface area contributed by atoms with Gasteiger partial charge in [0.2, 0.25) is 0 Å². The summed E-state index contributed by atoms with van der Waals surface area (Å²) in [5.74, 6) is -0.102. The van der Waals surface area contributed by atoms with Crippen molar-refractivity contribution in [2.75, 3.05) is 13.2 Å². The smallest absolute Gasteiger partial charge is 0.416 e. The Balaban J connectivity index is 2.22. The average Bonchev–Trinajstić information content (AvgIpc) is 2.41. The number of halogens is 3. The Morgan fingerprint density at radius 3 is 2.30 bits per heavy atom. The Labute approximate surface area is 115 Å². The van der Waals surface area contributed by atoms with E-state index >= 15 is 0 Å². The molecule has 0 unspecified atom stereocenters. The molecule has 0 aliphatic heterocycles. The van der Waals surface area contributed by atoms with Gasteiger partial charge in [-0.2, -0.15) is 13.2 Å². The van der Waals surface area contributed by atoms with Crippen LogP contribution in [0, 0.1) is 0 Å². The van der Waals surface area contributed by atoms with Crippen LogP contribution in [0.1, 0.15) is 18.4 Å². The zero-order valence-corrected chi connectivity index (χ0v) is 10.8. The number of carbonyl (C=O) groups excluding carboxylic acids is 1. The van der Waals surface area contributed by atoms with E-state index in [9.17, 15) is 18.0 Å². The second-order valence-electron chi connectivity index (χ2n) is 3.95. The molecule has 1 aromatic carbocycles. The largest absolute Gasteiger partial charge is 0.494 e. The maximum Gasteiger partial charge on any atom is 0.416 e. The van der Waals surface area contributed by atoms with E-state index in [2.05, 4.69) is 6.58 Å². The molecule has 1 aromatic rings. The van der Waals surface area contributed by atoms with E-state index in [1.807, 2.05) is 0 Å². The van der Waals surface area contributed by atoms with Crippen molar-refractivity contribution < 1.29 is 27.4 Å². The summed E-state index contributed by atoms with van der Waals surface area (Å²) in [6, 6.07) is 4.50. The molecule has 0 heterocycles. The van der Waals surface area contributed by atoms with Gasteiger partial charge in [0.15, 0.2) is 0 Å². The Kier molecular flexibility index (Phi) is 6.09. The number of carbonyl (C=O) groups is 1. The van der Waals surface area contributed by atoms with Crippen LogP contribution in [0.25, 0.3) is 0 Å². The number of benzene rings is 1. The van der Waals surface area contributed by atoms with E-state index in [4.69, 9.17) is 9.47 Å². The lowest BCUT2D eigenvalue weighted by atomic mass is 10.2. The monoisotopic (exact) mass is 288 g/mol. The first kappa shape index (κ1) is 16.1. The molecule has 3 nitrogen and oxygen atoms in total. The predicted octanol–water partition coefficient (Wildman–Crippen LogP) is 3.59. The van der Waals surface area contributed by atoms with Crippen LogP contribution in [-0.2, 0) is 15.7 Å². The van der Waals surface area contributed by atoms with Gasteiger partial charge in [-0.15, -0.1) is 0 Å². The second-order valence-corrected chi connectivity index (χ2v) is 3.95. The van der Waals surface area contributed by atoms with Crippen LogP contribution in [-0.4, -0.2) is 19.2 Å². The molecule has 0 radical (unpaired) electrons. The van der Waals surface area contributed by atoms with E-state index in [1.165, 1.54) is 12.1 Å². The average molecular weight is 288 g/mol. The molecule has 0 saturated carbocycles. The summed E-state index contributed by atoms with van der Waals surface area (Å²) in [4.78, 5) is 10.7. The van der Waals surface area contributed by atoms with Crippen LogP contribution in [0.2, 0.25) is 0 Å². The number of esters is 1. The van der Waals surface area contributed by atoms with Gasteiger partial charge in [0, 0.05) is 6.08 Å². The van der Waals surface area contributed by atoms with Crippen LogP contribution in [0.15, 0.2) is 36.9 Å². The standard InChI is InChI=1S/C14H15F3O3/c1-2-13(18)20-10-4-3-9-19-12-7-5-11(6-8-12)14(15,16)17/h2,5-8H,1,3-4,9-10H2. The zero-order valence-electron chi connectivity index (χ0n) is 10.8. The summed E-state index contributed by atoms with van der Waals surface area (Å²) < 4.78 is 47.0. The summed E-state index contributed by atoms with van der Waals surface area (Å²) in [6.45, 7) is 3.87. The number of hydrogen-bond donors (Lipinski definition) is 0. The third kappa shape index (κ3) is 5.77. The fourth-order valence-corrected chi connectivity index (χ4v) is 1.37. The van der Waals surface area contributed by atoms with Gasteiger partial charge in [-0.1, -0.05) is 6.58 Å². The highest BCUT2D eigenvalue weighted by Crippen LogP contribution is 2.30. The van der Waals surface area contributed by atoms with Crippen molar-refractivity contribution in [3.63, 3.8) is 0 Å². The van der Waals surface area contributed by atoms with E-state index in [-0.39, 0.29) is 6.61 Å². The highest BCUT2D eigenvalue weighted by molar-refractivity contribution is 5.81. The summed E-state index contributed by atoms with van der Waals surface area (Å²) in [5.41, 5.74) is -0.707. The van der Waals surface area contributed by atoms with Crippen molar-refractivity contribution in [1.29, 1.82) is 0 Å². The molecule has 0 N–H and O–H groups in total. The molecular weight excluding hydrogens is 273 g/mol. The molecule has 0 atom stereocenters. The topological polar surface area (TPSA) is 35.5 Å². The van der Waals surface area contributed by atoms with Gasteiger partial charge in [0.25, 0.3) is 0 Å². The van der Waals surface area contributed by atoms with Gasteiger partial charge in [-0.05, 0) is 37.1 Å². The van der Waals surface area contributed by atoms with Crippen LogP contribution < -0.4 is 4.74 Å². The van der Waals surface area contributed by atoms with Gasteiger partial charge in [0.1, 0.15) is 5.75 Å². The third-order valence-corrected chi connectivity index (χ3v) is 2.40. The summed E-state index contributed by atoms with van der Waals surface area (Å²) >= 11 is 0. The van der Waals surface area contributed by atoms with Gasteiger partial charge >= 0.3 is 12.1 Å². The molecule has 0 saturated heterocycles. The van der Waals surface area contributed by atoms with E-state index in [0.29, 0.717) is 25.2 Å². The SMILES string of the molecule is C=CC(=O)OCCCCOc1ccc(C(F)(F)F)cc1. The molecule has 0 aliphatic rings. The molecule has 0 bridgehead atoms. The lowest BCUT2D eigenvalue weighted by Crippen LogP contribution is -2.06. The fourth-order valence-electron chi connectivity index (χ4n) is 1.37. The van der Waals surface area contributed by atoms with Crippen molar-refractivity contribution >= 4 is 5.97 Å². The first-order valence-corrected chi connectivity index (χ1v) is 6.02. The highest BCUT2D eigenvalue weighted by atomic mass is 19.4. The number of unbranched alkanes of at least 4 members (excludes halogenated alkanes) is 1. The quantitative estimate of drug-likeness (QED) is 0.437. The summed E-state index contributed by atoms with van der Waals surface area (Å²) in [6.07, 6.45) is -2.02. The van der Waals surface area contributed by atoms with Gasteiger partial charge in [0.05, 0.1) is 18.8 Å².